The summed E-state index contributed by atoms with van der Waals surface area (Å²) in [5.41, 5.74) is 6.35. The Balaban J connectivity index is 1.89. The molecule has 0 spiro atoms. The lowest BCUT2D eigenvalue weighted by Crippen LogP contribution is -2.48. The fraction of sp³-hybridized carbons (Fsp3) is 1.00. The third-order valence-corrected chi connectivity index (χ3v) is 4.29. The van der Waals surface area contributed by atoms with Crippen molar-refractivity contribution in [2.75, 3.05) is 39.4 Å². The Morgan fingerprint density at radius 2 is 2.12 bits per heavy atom. The molecule has 0 aromatic carbocycles. The van der Waals surface area contributed by atoms with Gasteiger partial charge < -0.3 is 15.4 Å². The molecule has 3 heteroatoms. The Labute approximate surface area is 99.3 Å². The molecular weight excluding hydrogens is 200 g/mol. The van der Waals surface area contributed by atoms with Gasteiger partial charge in [0.25, 0.3) is 0 Å². The zero-order chi connectivity index (χ0) is 11.4. The van der Waals surface area contributed by atoms with E-state index in [1.807, 2.05) is 0 Å². The molecular formula is C13H26N2O. The summed E-state index contributed by atoms with van der Waals surface area (Å²) in [6.45, 7) is 8.72. The highest BCUT2D eigenvalue weighted by Crippen LogP contribution is 2.31. The quantitative estimate of drug-likeness (QED) is 0.792. The van der Waals surface area contributed by atoms with Crippen LogP contribution in [0, 0.1) is 11.3 Å². The fourth-order valence-electron chi connectivity index (χ4n) is 3.14. The van der Waals surface area contributed by atoms with E-state index < -0.39 is 0 Å². The maximum Gasteiger partial charge on any atom is 0.0472 e. The molecule has 0 amide bonds. The summed E-state index contributed by atoms with van der Waals surface area (Å²) < 4.78 is 5.46. The molecule has 0 aliphatic carbocycles. The van der Waals surface area contributed by atoms with Crippen molar-refractivity contribution >= 4 is 0 Å². The van der Waals surface area contributed by atoms with Crippen LogP contribution in [0.25, 0.3) is 0 Å². The lowest BCUT2D eigenvalue weighted by atomic mass is 9.79. The van der Waals surface area contributed by atoms with E-state index in [1.165, 1.54) is 32.5 Å². The van der Waals surface area contributed by atoms with Crippen LogP contribution < -0.4 is 5.73 Å². The lowest BCUT2D eigenvalue weighted by molar-refractivity contribution is -0.00618. The van der Waals surface area contributed by atoms with Gasteiger partial charge in [0, 0.05) is 26.3 Å². The second-order valence-corrected chi connectivity index (χ2v) is 5.80. The number of ether oxygens (including phenoxy) is 1. The molecule has 1 atom stereocenters. The van der Waals surface area contributed by atoms with Gasteiger partial charge in [0.05, 0.1) is 0 Å². The van der Waals surface area contributed by atoms with Gasteiger partial charge in [-0.2, -0.15) is 0 Å². The van der Waals surface area contributed by atoms with Gasteiger partial charge in [-0.15, -0.1) is 0 Å². The largest absolute Gasteiger partial charge is 0.381 e. The Morgan fingerprint density at radius 3 is 2.75 bits per heavy atom. The highest BCUT2D eigenvalue weighted by Gasteiger charge is 2.34. The number of nitrogens with zero attached hydrogens (tertiary/aromatic N) is 1. The molecule has 0 aromatic heterocycles. The smallest absolute Gasteiger partial charge is 0.0472 e. The van der Waals surface area contributed by atoms with Crippen molar-refractivity contribution in [1.29, 1.82) is 0 Å². The summed E-state index contributed by atoms with van der Waals surface area (Å²) in [6.07, 6.45) is 5.05. The number of likely N-dealkylation sites (tertiary alicyclic amines) is 1. The molecule has 2 aliphatic heterocycles. The maximum absolute atomic E-state index is 6.01. The minimum atomic E-state index is 0.343. The third-order valence-electron chi connectivity index (χ3n) is 4.29. The van der Waals surface area contributed by atoms with Gasteiger partial charge >= 0.3 is 0 Å². The summed E-state index contributed by atoms with van der Waals surface area (Å²) in [5.74, 6) is 0.864. The molecule has 3 nitrogen and oxygen atoms in total. The molecule has 2 rings (SSSR count). The number of nitrogens with two attached hydrogens (primary N) is 1. The summed E-state index contributed by atoms with van der Waals surface area (Å²) in [7, 11) is 0. The fourth-order valence-corrected chi connectivity index (χ4v) is 3.14. The van der Waals surface area contributed by atoms with Crippen LogP contribution in [-0.2, 0) is 4.74 Å². The van der Waals surface area contributed by atoms with E-state index in [-0.39, 0.29) is 0 Å². The maximum atomic E-state index is 6.01. The van der Waals surface area contributed by atoms with Crippen LogP contribution >= 0.6 is 0 Å². The van der Waals surface area contributed by atoms with Gasteiger partial charge in [-0.25, -0.2) is 0 Å². The first-order valence-corrected chi connectivity index (χ1v) is 6.74. The van der Waals surface area contributed by atoms with Crippen LogP contribution in [0.3, 0.4) is 0 Å². The highest BCUT2D eigenvalue weighted by molar-refractivity contribution is 4.87. The molecule has 0 aromatic rings. The predicted molar refractivity (Wildman–Crippen MR) is 66.4 cm³/mol. The van der Waals surface area contributed by atoms with E-state index in [9.17, 15) is 0 Å². The first-order valence-electron chi connectivity index (χ1n) is 6.74. The van der Waals surface area contributed by atoms with E-state index in [4.69, 9.17) is 10.5 Å². The van der Waals surface area contributed by atoms with Crippen molar-refractivity contribution in [3.05, 3.63) is 0 Å². The van der Waals surface area contributed by atoms with Gasteiger partial charge in [0.15, 0.2) is 0 Å². The summed E-state index contributed by atoms with van der Waals surface area (Å²) in [5, 5.41) is 0. The summed E-state index contributed by atoms with van der Waals surface area (Å²) in [4.78, 5) is 2.63. The van der Waals surface area contributed by atoms with E-state index in [1.54, 1.807) is 0 Å². The number of rotatable bonds is 3. The van der Waals surface area contributed by atoms with Gasteiger partial charge in [-0.3, -0.25) is 0 Å². The predicted octanol–water partition coefficient (Wildman–Crippen LogP) is 1.47. The molecule has 2 N–H and O–H groups in total. The van der Waals surface area contributed by atoms with Gasteiger partial charge in [0.2, 0.25) is 0 Å². The molecule has 94 valence electrons. The van der Waals surface area contributed by atoms with Crippen LogP contribution in [0.15, 0.2) is 0 Å². The van der Waals surface area contributed by atoms with Crippen molar-refractivity contribution < 1.29 is 4.74 Å². The molecule has 2 aliphatic rings. The van der Waals surface area contributed by atoms with Crippen LogP contribution in [0.1, 0.15) is 32.6 Å². The average Bonchev–Trinajstić information content (AvgIpc) is 2.30. The number of piperidine rings is 1. The van der Waals surface area contributed by atoms with Crippen LogP contribution in [0.5, 0.6) is 0 Å². The van der Waals surface area contributed by atoms with E-state index in [0.717, 1.165) is 38.5 Å². The zero-order valence-corrected chi connectivity index (χ0v) is 10.6. The molecule has 0 saturated carbocycles. The monoisotopic (exact) mass is 226 g/mol. The zero-order valence-electron chi connectivity index (χ0n) is 10.6. The van der Waals surface area contributed by atoms with Crippen molar-refractivity contribution in [3.8, 4) is 0 Å². The molecule has 0 bridgehead atoms. The van der Waals surface area contributed by atoms with Crippen molar-refractivity contribution in [1.82, 2.24) is 4.90 Å². The van der Waals surface area contributed by atoms with Crippen LogP contribution in [-0.4, -0.2) is 44.3 Å². The Morgan fingerprint density at radius 1 is 1.38 bits per heavy atom. The Bertz CT molecular complexity index is 214. The minimum Gasteiger partial charge on any atom is -0.381 e. The number of hydrogen-bond acceptors (Lipinski definition) is 3. The van der Waals surface area contributed by atoms with Gasteiger partial charge in [-0.1, -0.05) is 6.92 Å². The third kappa shape index (κ3) is 2.96. The summed E-state index contributed by atoms with van der Waals surface area (Å²) >= 11 is 0. The minimum absolute atomic E-state index is 0.343. The molecule has 1 unspecified atom stereocenters. The van der Waals surface area contributed by atoms with Crippen LogP contribution in [0.2, 0.25) is 0 Å². The molecule has 16 heavy (non-hydrogen) atoms. The second-order valence-electron chi connectivity index (χ2n) is 5.80. The molecule has 2 saturated heterocycles. The van der Waals surface area contributed by atoms with Crippen molar-refractivity contribution in [2.24, 2.45) is 17.1 Å². The van der Waals surface area contributed by atoms with Gasteiger partial charge in [0.1, 0.15) is 0 Å². The lowest BCUT2D eigenvalue weighted by Gasteiger charge is -2.42. The standard InChI is InChI=1S/C13H26N2O/c1-12-3-2-6-15(9-12)11-13(10-14)4-7-16-8-5-13/h12H,2-11,14H2,1H3. The van der Waals surface area contributed by atoms with E-state index in [2.05, 4.69) is 11.8 Å². The Hall–Kier alpha value is -0.120. The average molecular weight is 226 g/mol. The first kappa shape index (κ1) is 12.3. The van der Waals surface area contributed by atoms with Crippen molar-refractivity contribution in [2.45, 2.75) is 32.6 Å². The first-order chi connectivity index (χ1) is 7.74. The SMILES string of the molecule is CC1CCCN(CC2(CN)CCOCC2)C1. The summed E-state index contributed by atoms with van der Waals surface area (Å²) in [6, 6.07) is 0. The second kappa shape index (κ2) is 5.48. The van der Waals surface area contributed by atoms with Crippen molar-refractivity contribution in [3.63, 3.8) is 0 Å². The van der Waals surface area contributed by atoms with E-state index in [0.29, 0.717) is 5.41 Å². The van der Waals surface area contributed by atoms with Gasteiger partial charge in [-0.05, 0) is 50.1 Å². The normalized spacial score (nSPS) is 31.5. The Kier molecular flexibility index (Phi) is 4.22. The highest BCUT2D eigenvalue weighted by atomic mass is 16.5. The van der Waals surface area contributed by atoms with E-state index >= 15 is 0 Å². The molecule has 2 fully saturated rings. The topological polar surface area (TPSA) is 38.5 Å². The molecule has 0 radical (unpaired) electrons. The van der Waals surface area contributed by atoms with Crippen LogP contribution in [0.4, 0.5) is 0 Å². The molecule has 2 heterocycles. The number of hydrogen-bond donors (Lipinski definition) is 1.